The van der Waals surface area contributed by atoms with Crippen LogP contribution >= 0.6 is 11.6 Å². The number of H-pyrrole nitrogens is 1. The van der Waals surface area contributed by atoms with Crippen molar-refractivity contribution in [2.24, 2.45) is 0 Å². The summed E-state index contributed by atoms with van der Waals surface area (Å²) >= 11 is 5.95. The second kappa shape index (κ2) is 6.25. The van der Waals surface area contributed by atoms with Crippen molar-refractivity contribution in [2.75, 3.05) is 0 Å². The molecule has 25 heavy (non-hydrogen) atoms. The molecule has 4 rings (SSSR count). The zero-order valence-electron chi connectivity index (χ0n) is 12.8. The van der Waals surface area contributed by atoms with Gasteiger partial charge in [0.1, 0.15) is 17.2 Å². The molecule has 1 N–H and O–H groups in total. The van der Waals surface area contributed by atoms with Crippen LogP contribution in [0.4, 0.5) is 8.78 Å². The molecule has 2 heterocycles. The number of nitrogens with one attached hydrogen (secondary N) is 1. The van der Waals surface area contributed by atoms with Gasteiger partial charge >= 0.3 is 0 Å². The van der Waals surface area contributed by atoms with Crippen LogP contribution in [0.15, 0.2) is 40.9 Å². The summed E-state index contributed by atoms with van der Waals surface area (Å²) in [5.74, 6) is 0.0377. The highest BCUT2D eigenvalue weighted by molar-refractivity contribution is 6.30. The fourth-order valence-corrected chi connectivity index (χ4v) is 2.73. The Bertz CT molecular complexity index is 1060. The van der Waals surface area contributed by atoms with E-state index in [0.717, 1.165) is 11.6 Å². The fourth-order valence-electron chi connectivity index (χ4n) is 2.54. The fraction of sp³-hybridized carbons (Fsp3) is 0.118. The lowest BCUT2D eigenvalue weighted by Gasteiger charge is -1.94. The minimum Gasteiger partial charge on any atom is -0.342 e. The largest absolute Gasteiger partial charge is 0.342 e. The van der Waals surface area contributed by atoms with Gasteiger partial charge in [-0.25, -0.2) is 13.8 Å². The van der Waals surface area contributed by atoms with Crippen LogP contribution < -0.4 is 0 Å². The third-order valence-corrected chi connectivity index (χ3v) is 3.91. The third kappa shape index (κ3) is 3.23. The number of benzene rings is 2. The van der Waals surface area contributed by atoms with E-state index in [2.05, 4.69) is 20.1 Å². The van der Waals surface area contributed by atoms with Crippen LogP contribution in [0.3, 0.4) is 0 Å². The summed E-state index contributed by atoms with van der Waals surface area (Å²) in [6.45, 7) is 0. The molecule has 0 saturated heterocycles. The van der Waals surface area contributed by atoms with Crippen molar-refractivity contribution in [3.05, 3.63) is 64.7 Å². The number of imidazole rings is 1. The molecule has 2 aromatic carbocycles. The van der Waals surface area contributed by atoms with E-state index < -0.39 is 11.6 Å². The van der Waals surface area contributed by atoms with Gasteiger partial charge in [0.2, 0.25) is 0 Å². The van der Waals surface area contributed by atoms with Crippen molar-refractivity contribution >= 4 is 22.6 Å². The number of hydrogen-bond acceptors (Lipinski definition) is 4. The SMILES string of the molecule is Fc1cc(F)c2nc(CCc3noc(-c4cccc(Cl)c4)n3)[nH]c2c1. The summed E-state index contributed by atoms with van der Waals surface area (Å²) in [6, 6.07) is 9.12. The molecule has 0 atom stereocenters. The van der Waals surface area contributed by atoms with E-state index in [1.807, 2.05) is 6.07 Å². The first-order valence-corrected chi connectivity index (χ1v) is 7.88. The Morgan fingerprint density at radius 3 is 2.80 bits per heavy atom. The molecular weight excluding hydrogens is 350 g/mol. The Labute approximate surface area is 145 Å². The van der Waals surface area contributed by atoms with Gasteiger partial charge in [-0.1, -0.05) is 22.8 Å². The first kappa shape index (κ1) is 15.7. The molecule has 5 nitrogen and oxygen atoms in total. The lowest BCUT2D eigenvalue weighted by Crippen LogP contribution is -1.95. The molecule has 2 aromatic heterocycles. The lowest BCUT2D eigenvalue weighted by atomic mass is 10.2. The monoisotopic (exact) mass is 360 g/mol. The van der Waals surface area contributed by atoms with Crippen LogP contribution in [0.1, 0.15) is 11.6 Å². The first-order valence-electron chi connectivity index (χ1n) is 7.50. The first-order chi connectivity index (χ1) is 12.1. The highest BCUT2D eigenvalue weighted by Crippen LogP contribution is 2.22. The summed E-state index contributed by atoms with van der Waals surface area (Å²) in [6.07, 6.45) is 0.873. The van der Waals surface area contributed by atoms with E-state index >= 15 is 0 Å². The Hall–Kier alpha value is -2.80. The van der Waals surface area contributed by atoms with Crippen LogP contribution in [0, 0.1) is 11.6 Å². The summed E-state index contributed by atoms with van der Waals surface area (Å²) in [7, 11) is 0. The van der Waals surface area contributed by atoms with E-state index in [0.29, 0.717) is 40.9 Å². The normalized spacial score (nSPS) is 11.3. The third-order valence-electron chi connectivity index (χ3n) is 3.68. The zero-order chi connectivity index (χ0) is 17.4. The molecule has 0 radical (unpaired) electrons. The van der Waals surface area contributed by atoms with Gasteiger partial charge in [0.05, 0.1) is 5.52 Å². The molecule has 0 unspecified atom stereocenters. The molecule has 0 saturated carbocycles. The van der Waals surface area contributed by atoms with E-state index in [9.17, 15) is 8.78 Å². The van der Waals surface area contributed by atoms with Gasteiger partial charge in [-0.3, -0.25) is 0 Å². The second-order valence-electron chi connectivity index (χ2n) is 5.49. The Morgan fingerprint density at radius 2 is 1.96 bits per heavy atom. The number of aromatic amines is 1. The maximum absolute atomic E-state index is 13.7. The predicted molar refractivity (Wildman–Crippen MR) is 88.2 cm³/mol. The van der Waals surface area contributed by atoms with Crippen LogP contribution in [-0.4, -0.2) is 20.1 Å². The van der Waals surface area contributed by atoms with Gasteiger partial charge in [-0.05, 0) is 24.3 Å². The minimum atomic E-state index is -0.694. The van der Waals surface area contributed by atoms with Gasteiger partial charge < -0.3 is 9.51 Å². The number of nitrogens with zero attached hydrogens (tertiary/aromatic N) is 3. The van der Waals surface area contributed by atoms with Crippen LogP contribution in [0.25, 0.3) is 22.5 Å². The van der Waals surface area contributed by atoms with E-state index in [1.165, 1.54) is 6.07 Å². The average Bonchev–Trinajstić information content (AvgIpc) is 3.19. The minimum absolute atomic E-state index is 0.115. The van der Waals surface area contributed by atoms with Gasteiger partial charge in [0, 0.05) is 29.5 Å². The van der Waals surface area contributed by atoms with Gasteiger partial charge in [0.25, 0.3) is 5.89 Å². The molecule has 8 heteroatoms. The zero-order valence-corrected chi connectivity index (χ0v) is 13.5. The Morgan fingerprint density at radius 1 is 1.08 bits per heavy atom. The van der Waals surface area contributed by atoms with Crippen LogP contribution in [0.5, 0.6) is 0 Å². The van der Waals surface area contributed by atoms with Crippen molar-refractivity contribution in [3.63, 3.8) is 0 Å². The molecule has 0 aliphatic carbocycles. The molecule has 0 bridgehead atoms. The number of fused-ring (bicyclic) bond motifs is 1. The van der Waals surface area contributed by atoms with Crippen LogP contribution in [0.2, 0.25) is 5.02 Å². The lowest BCUT2D eigenvalue weighted by molar-refractivity contribution is 0.422. The summed E-state index contributed by atoms with van der Waals surface area (Å²) in [5, 5.41) is 4.50. The van der Waals surface area contributed by atoms with E-state index in [1.54, 1.807) is 18.2 Å². The van der Waals surface area contributed by atoms with Gasteiger partial charge in [0.15, 0.2) is 11.6 Å². The van der Waals surface area contributed by atoms with Crippen molar-refractivity contribution < 1.29 is 13.3 Å². The Balaban J connectivity index is 1.51. The standard InChI is InChI=1S/C17H11ClF2N4O/c18-10-3-1-2-9(6-10)17-23-15(24-25-17)5-4-14-21-13-8-11(19)7-12(20)16(13)22-14/h1-3,6-8H,4-5H2,(H,21,22). The molecule has 0 fully saturated rings. The van der Waals surface area contributed by atoms with E-state index in [4.69, 9.17) is 16.1 Å². The maximum atomic E-state index is 13.7. The predicted octanol–water partition coefficient (Wildman–Crippen LogP) is 4.33. The van der Waals surface area contributed by atoms with Gasteiger partial charge in [-0.15, -0.1) is 0 Å². The van der Waals surface area contributed by atoms with Crippen molar-refractivity contribution in [1.29, 1.82) is 0 Å². The molecule has 0 aliphatic heterocycles. The molecule has 126 valence electrons. The summed E-state index contributed by atoms with van der Waals surface area (Å²) < 4.78 is 32.1. The quantitative estimate of drug-likeness (QED) is 0.588. The van der Waals surface area contributed by atoms with Crippen molar-refractivity contribution in [2.45, 2.75) is 12.8 Å². The van der Waals surface area contributed by atoms with E-state index in [-0.39, 0.29) is 5.52 Å². The average molecular weight is 361 g/mol. The van der Waals surface area contributed by atoms with Crippen molar-refractivity contribution in [1.82, 2.24) is 20.1 Å². The smallest absolute Gasteiger partial charge is 0.257 e. The molecule has 0 spiro atoms. The topological polar surface area (TPSA) is 67.6 Å². The van der Waals surface area contributed by atoms with Crippen molar-refractivity contribution in [3.8, 4) is 11.5 Å². The number of aromatic nitrogens is 4. The number of rotatable bonds is 4. The molecular formula is C17H11ClF2N4O. The summed E-state index contributed by atoms with van der Waals surface area (Å²) in [4.78, 5) is 11.4. The molecule has 0 amide bonds. The van der Waals surface area contributed by atoms with Gasteiger partial charge in [-0.2, -0.15) is 4.98 Å². The summed E-state index contributed by atoms with van der Waals surface area (Å²) in [5.41, 5.74) is 1.16. The molecule has 0 aliphatic rings. The number of halogens is 3. The Kier molecular flexibility index (Phi) is 3.93. The highest BCUT2D eigenvalue weighted by atomic mass is 35.5. The van der Waals surface area contributed by atoms with Crippen LogP contribution in [-0.2, 0) is 12.8 Å². The number of aryl methyl sites for hydroxylation is 2. The molecule has 4 aromatic rings. The maximum Gasteiger partial charge on any atom is 0.257 e. The second-order valence-corrected chi connectivity index (χ2v) is 5.93. The number of hydrogen-bond donors (Lipinski definition) is 1. The highest BCUT2D eigenvalue weighted by Gasteiger charge is 2.12.